The number of phenols is 8. The maximum absolute atomic E-state index is 11.3. The number of hydrogen-bond donors (Lipinski definition) is 8. The van der Waals surface area contributed by atoms with Gasteiger partial charge in [-0.1, -0.05) is 24.3 Å². The first-order valence-corrected chi connectivity index (χ1v) is 14.0. The summed E-state index contributed by atoms with van der Waals surface area (Å²) in [5.74, 6) is -0.608. The van der Waals surface area contributed by atoms with Crippen LogP contribution in [0.2, 0.25) is 0 Å². The molecular formula is C34H32O8. The standard InChI is InChI=1S/C34H32O8/c35-19-1-5-23(27(39)9-19)31-13-32(24-6-2-20(36)10-28(24)40)16-33(14-31,25-7-3-21(37)11-29(25)41)18-34(15-31,17-32)26-8-4-22(38)12-30(26)42/h1-12,35-42H,13-18H2. The summed E-state index contributed by atoms with van der Waals surface area (Å²) < 4.78 is 0. The summed E-state index contributed by atoms with van der Waals surface area (Å²) in [5, 5.41) is 85.8. The summed E-state index contributed by atoms with van der Waals surface area (Å²) in [4.78, 5) is 0. The minimum absolute atomic E-state index is 0.0721. The van der Waals surface area contributed by atoms with Crippen molar-refractivity contribution in [3.63, 3.8) is 0 Å². The van der Waals surface area contributed by atoms with E-state index >= 15 is 0 Å². The number of rotatable bonds is 4. The lowest BCUT2D eigenvalue weighted by atomic mass is 9.32. The van der Waals surface area contributed by atoms with E-state index in [2.05, 4.69) is 0 Å². The third-order valence-electron chi connectivity index (χ3n) is 10.3. The van der Waals surface area contributed by atoms with Gasteiger partial charge in [-0.05, 0) is 62.8 Å². The van der Waals surface area contributed by atoms with Crippen molar-refractivity contribution in [3.8, 4) is 46.0 Å². The summed E-state index contributed by atoms with van der Waals surface area (Å²) in [6.45, 7) is 0. The smallest absolute Gasteiger partial charge is 0.123 e. The predicted molar refractivity (Wildman–Crippen MR) is 154 cm³/mol. The Hall–Kier alpha value is -4.72. The minimum atomic E-state index is -0.745. The average Bonchev–Trinajstić information content (AvgIpc) is 2.87. The molecule has 216 valence electrons. The molecule has 0 unspecified atom stereocenters. The van der Waals surface area contributed by atoms with Crippen LogP contribution in [0, 0.1) is 0 Å². The van der Waals surface area contributed by atoms with Crippen LogP contribution in [0.15, 0.2) is 72.8 Å². The molecule has 4 aliphatic carbocycles. The van der Waals surface area contributed by atoms with Crippen LogP contribution in [0.5, 0.6) is 46.0 Å². The third-order valence-corrected chi connectivity index (χ3v) is 10.3. The van der Waals surface area contributed by atoms with Gasteiger partial charge >= 0.3 is 0 Å². The fraction of sp³-hybridized carbons (Fsp3) is 0.294. The van der Waals surface area contributed by atoms with Crippen LogP contribution < -0.4 is 0 Å². The van der Waals surface area contributed by atoms with E-state index in [1.165, 1.54) is 48.5 Å². The largest absolute Gasteiger partial charge is 0.508 e. The Kier molecular flexibility index (Phi) is 5.24. The fourth-order valence-corrected chi connectivity index (χ4v) is 9.65. The molecule has 4 aliphatic rings. The highest BCUT2D eigenvalue weighted by atomic mass is 16.3. The van der Waals surface area contributed by atoms with Gasteiger partial charge in [-0.2, -0.15) is 0 Å². The molecule has 0 radical (unpaired) electrons. The Morgan fingerprint density at radius 1 is 0.310 bits per heavy atom. The van der Waals surface area contributed by atoms with E-state index in [9.17, 15) is 40.9 Å². The molecular weight excluding hydrogens is 536 g/mol. The summed E-state index contributed by atoms with van der Waals surface area (Å²) in [7, 11) is 0. The normalized spacial score (nSPS) is 29.5. The number of aromatic hydroxyl groups is 8. The van der Waals surface area contributed by atoms with Crippen LogP contribution in [-0.2, 0) is 21.7 Å². The van der Waals surface area contributed by atoms with Crippen molar-refractivity contribution in [2.24, 2.45) is 0 Å². The molecule has 8 nitrogen and oxygen atoms in total. The van der Waals surface area contributed by atoms with Crippen LogP contribution in [0.4, 0.5) is 0 Å². The maximum atomic E-state index is 11.3. The zero-order chi connectivity index (χ0) is 29.7. The molecule has 4 bridgehead atoms. The van der Waals surface area contributed by atoms with Gasteiger partial charge < -0.3 is 40.9 Å². The molecule has 4 aromatic rings. The van der Waals surface area contributed by atoms with Crippen LogP contribution in [0.25, 0.3) is 0 Å². The van der Waals surface area contributed by atoms with Crippen molar-refractivity contribution in [1.29, 1.82) is 0 Å². The van der Waals surface area contributed by atoms with E-state index in [0.717, 1.165) is 0 Å². The van der Waals surface area contributed by atoms with Gasteiger partial charge in [-0.3, -0.25) is 0 Å². The lowest BCUT2D eigenvalue weighted by Crippen LogP contribution is -2.67. The lowest BCUT2D eigenvalue weighted by Gasteiger charge is -2.71. The molecule has 0 atom stereocenters. The van der Waals surface area contributed by atoms with Crippen molar-refractivity contribution in [1.82, 2.24) is 0 Å². The number of hydrogen-bond acceptors (Lipinski definition) is 8. The van der Waals surface area contributed by atoms with Crippen molar-refractivity contribution in [2.75, 3.05) is 0 Å². The first kappa shape index (κ1) is 26.2. The average molecular weight is 569 g/mol. The molecule has 0 aliphatic heterocycles. The van der Waals surface area contributed by atoms with Crippen molar-refractivity contribution < 1.29 is 40.9 Å². The van der Waals surface area contributed by atoms with Crippen LogP contribution in [-0.4, -0.2) is 40.9 Å². The highest BCUT2D eigenvalue weighted by Crippen LogP contribution is 2.76. The van der Waals surface area contributed by atoms with E-state index in [-0.39, 0.29) is 46.0 Å². The lowest BCUT2D eigenvalue weighted by molar-refractivity contribution is -0.0715. The molecule has 0 spiro atoms. The Morgan fingerprint density at radius 3 is 0.667 bits per heavy atom. The maximum Gasteiger partial charge on any atom is 0.123 e. The van der Waals surface area contributed by atoms with Gasteiger partial charge in [-0.25, -0.2) is 0 Å². The second-order valence-corrected chi connectivity index (χ2v) is 13.0. The molecule has 0 saturated heterocycles. The van der Waals surface area contributed by atoms with E-state index in [4.69, 9.17) is 0 Å². The summed E-state index contributed by atoms with van der Waals surface area (Å²) in [6, 6.07) is 18.3. The molecule has 4 aromatic carbocycles. The Balaban J connectivity index is 1.58. The van der Waals surface area contributed by atoms with Gasteiger partial charge in [0, 0.05) is 68.2 Å². The van der Waals surface area contributed by atoms with Crippen LogP contribution >= 0.6 is 0 Å². The van der Waals surface area contributed by atoms with Crippen molar-refractivity contribution in [3.05, 3.63) is 95.1 Å². The topological polar surface area (TPSA) is 162 Å². The number of benzene rings is 4. The first-order chi connectivity index (χ1) is 19.9. The second-order valence-electron chi connectivity index (χ2n) is 13.0. The molecule has 8 N–H and O–H groups in total. The third kappa shape index (κ3) is 3.60. The Labute approximate surface area is 242 Å². The fourth-order valence-electron chi connectivity index (χ4n) is 9.65. The second kappa shape index (κ2) is 8.41. The van der Waals surface area contributed by atoms with Crippen LogP contribution in [0.1, 0.15) is 60.8 Å². The van der Waals surface area contributed by atoms with Gasteiger partial charge in [0.2, 0.25) is 0 Å². The zero-order valence-electron chi connectivity index (χ0n) is 22.7. The van der Waals surface area contributed by atoms with Gasteiger partial charge in [0.1, 0.15) is 46.0 Å². The van der Waals surface area contributed by atoms with Gasteiger partial charge in [0.15, 0.2) is 0 Å². The molecule has 0 amide bonds. The zero-order valence-corrected chi connectivity index (χ0v) is 22.7. The monoisotopic (exact) mass is 568 g/mol. The summed E-state index contributed by atoms with van der Waals surface area (Å²) in [5.41, 5.74) is -0.507. The Bertz CT molecular complexity index is 1470. The van der Waals surface area contributed by atoms with E-state index in [1.54, 1.807) is 24.3 Å². The molecule has 4 saturated carbocycles. The van der Waals surface area contributed by atoms with E-state index < -0.39 is 21.7 Å². The van der Waals surface area contributed by atoms with Crippen LogP contribution in [0.3, 0.4) is 0 Å². The van der Waals surface area contributed by atoms with Gasteiger partial charge in [-0.15, -0.1) is 0 Å². The van der Waals surface area contributed by atoms with Crippen molar-refractivity contribution in [2.45, 2.75) is 60.2 Å². The molecule has 4 fully saturated rings. The SMILES string of the molecule is Oc1ccc(C23CC4(c5ccc(O)cc5O)CC(c5ccc(O)cc5O)(C2)CC(c2ccc(O)cc2O)(C3)C4)c(O)c1. The summed E-state index contributed by atoms with van der Waals surface area (Å²) in [6.07, 6.45) is 3.07. The molecule has 42 heavy (non-hydrogen) atoms. The molecule has 8 rings (SSSR count). The number of phenolic OH excluding ortho intramolecular Hbond substituents is 8. The van der Waals surface area contributed by atoms with Gasteiger partial charge in [0.25, 0.3) is 0 Å². The first-order valence-electron chi connectivity index (χ1n) is 14.0. The highest BCUT2D eigenvalue weighted by Gasteiger charge is 2.71. The van der Waals surface area contributed by atoms with E-state index in [0.29, 0.717) is 60.8 Å². The predicted octanol–water partition coefficient (Wildman–Crippen LogP) is 5.76. The van der Waals surface area contributed by atoms with E-state index in [1.807, 2.05) is 0 Å². The Morgan fingerprint density at radius 2 is 0.500 bits per heavy atom. The summed E-state index contributed by atoms with van der Waals surface area (Å²) >= 11 is 0. The highest BCUT2D eigenvalue weighted by molar-refractivity contribution is 5.59. The molecule has 8 heteroatoms. The molecule has 0 heterocycles. The van der Waals surface area contributed by atoms with Crippen molar-refractivity contribution >= 4 is 0 Å². The van der Waals surface area contributed by atoms with Gasteiger partial charge in [0.05, 0.1) is 0 Å². The minimum Gasteiger partial charge on any atom is -0.508 e. The molecule has 0 aromatic heterocycles. The quantitative estimate of drug-likeness (QED) is 0.154.